The molecular formula is C3H6N2O2. The van der Waals surface area contributed by atoms with Crippen LogP contribution in [-0.4, -0.2) is 23.3 Å². The molecule has 0 saturated carbocycles. The molecule has 0 amide bonds. The molecule has 0 radical (unpaired) electrons. The summed E-state index contributed by atoms with van der Waals surface area (Å²) in [5, 5.41) is 10.6. The van der Waals surface area contributed by atoms with E-state index in [-0.39, 0.29) is 0 Å². The minimum Gasteiger partial charge on any atom is -0.479 e. The normalized spacial score (nSPS) is 37.9. The molecule has 1 rings (SSSR count). The first-order chi connectivity index (χ1) is 3.15. The molecular weight excluding hydrogens is 96.0 g/mol. The van der Waals surface area contributed by atoms with Crippen molar-refractivity contribution in [3.05, 3.63) is 0 Å². The van der Waals surface area contributed by atoms with Gasteiger partial charge in [0.2, 0.25) is 0 Å². The van der Waals surface area contributed by atoms with Crippen molar-refractivity contribution in [2.24, 2.45) is 5.73 Å². The van der Waals surface area contributed by atoms with Crippen molar-refractivity contribution in [2.75, 3.05) is 6.54 Å². The van der Waals surface area contributed by atoms with E-state index < -0.39 is 11.6 Å². The summed E-state index contributed by atoms with van der Waals surface area (Å²) in [5.74, 6) is -0.979. The Hall–Kier alpha value is -0.610. The number of hydrogen-bond donors (Lipinski definition) is 3. The Labute approximate surface area is 40.3 Å². The fourth-order valence-electron chi connectivity index (χ4n) is 0.246. The number of nitrogens with one attached hydrogen (secondary N) is 1. The fourth-order valence-corrected chi connectivity index (χ4v) is 0.246. The zero-order valence-electron chi connectivity index (χ0n) is 3.64. The molecule has 7 heavy (non-hydrogen) atoms. The van der Waals surface area contributed by atoms with E-state index in [9.17, 15) is 4.79 Å². The summed E-state index contributed by atoms with van der Waals surface area (Å²) < 4.78 is 0. The van der Waals surface area contributed by atoms with Crippen molar-refractivity contribution in [2.45, 2.75) is 5.66 Å². The standard InChI is InChI=1S/C3H6N2O2/c4-3(1-5-3)2(6)7/h5H,1,4H2,(H,6,7). The number of nitrogens with two attached hydrogens (primary N) is 1. The van der Waals surface area contributed by atoms with E-state index >= 15 is 0 Å². The van der Waals surface area contributed by atoms with Crippen molar-refractivity contribution >= 4 is 5.97 Å². The zero-order chi connectivity index (χ0) is 5.49. The van der Waals surface area contributed by atoms with Gasteiger partial charge in [0, 0.05) is 6.54 Å². The summed E-state index contributed by atoms with van der Waals surface area (Å²) in [6.45, 7) is 0.391. The predicted molar refractivity (Wildman–Crippen MR) is 22.6 cm³/mol. The van der Waals surface area contributed by atoms with Crippen molar-refractivity contribution in [1.82, 2.24) is 5.32 Å². The molecule has 1 fully saturated rings. The van der Waals surface area contributed by atoms with Crippen LogP contribution in [0.4, 0.5) is 0 Å². The maximum Gasteiger partial charge on any atom is 0.340 e. The lowest BCUT2D eigenvalue weighted by atomic mass is 10.4. The predicted octanol–water partition coefficient (Wildman–Crippen LogP) is -1.67. The maximum absolute atomic E-state index is 9.90. The molecule has 0 spiro atoms. The molecule has 4 heteroatoms. The van der Waals surface area contributed by atoms with Crippen LogP contribution >= 0.6 is 0 Å². The molecule has 1 aliphatic rings. The molecule has 40 valence electrons. The van der Waals surface area contributed by atoms with E-state index in [1.807, 2.05) is 0 Å². The summed E-state index contributed by atoms with van der Waals surface area (Å²) >= 11 is 0. The van der Waals surface area contributed by atoms with Crippen LogP contribution in [0.3, 0.4) is 0 Å². The molecule has 4 N–H and O–H groups in total. The third-order valence-electron chi connectivity index (χ3n) is 0.939. The first-order valence-electron chi connectivity index (χ1n) is 1.92. The highest BCUT2D eigenvalue weighted by Gasteiger charge is 2.45. The van der Waals surface area contributed by atoms with E-state index in [0.29, 0.717) is 6.54 Å². The lowest BCUT2D eigenvalue weighted by molar-refractivity contribution is -0.139. The first-order valence-corrected chi connectivity index (χ1v) is 1.92. The number of carbonyl (C=O) groups is 1. The van der Waals surface area contributed by atoms with Gasteiger partial charge in [-0.1, -0.05) is 0 Å². The summed E-state index contributed by atoms with van der Waals surface area (Å²) in [6, 6.07) is 0. The van der Waals surface area contributed by atoms with Gasteiger partial charge < -0.3 is 10.8 Å². The molecule has 1 saturated heterocycles. The molecule has 0 aromatic rings. The second kappa shape index (κ2) is 0.962. The molecule has 1 atom stereocenters. The van der Waals surface area contributed by atoms with Gasteiger partial charge in [-0.3, -0.25) is 5.32 Å². The minimum atomic E-state index is -1.08. The molecule has 1 unspecified atom stereocenters. The van der Waals surface area contributed by atoms with Crippen molar-refractivity contribution in [1.29, 1.82) is 0 Å². The summed E-state index contributed by atoms with van der Waals surface area (Å²) in [4.78, 5) is 9.90. The van der Waals surface area contributed by atoms with E-state index in [2.05, 4.69) is 5.32 Å². The highest BCUT2D eigenvalue weighted by atomic mass is 16.4. The molecule has 4 nitrogen and oxygen atoms in total. The van der Waals surface area contributed by atoms with Gasteiger partial charge in [-0.15, -0.1) is 0 Å². The summed E-state index contributed by atoms with van der Waals surface area (Å²) in [5.41, 5.74) is 4.00. The van der Waals surface area contributed by atoms with Gasteiger partial charge in [0.1, 0.15) is 0 Å². The zero-order valence-corrected chi connectivity index (χ0v) is 3.64. The van der Waals surface area contributed by atoms with Crippen LogP contribution in [0.5, 0.6) is 0 Å². The maximum atomic E-state index is 9.90. The Morgan fingerprint density at radius 2 is 2.43 bits per heavy atom. The van der Waals surface area contributed by atoms with Crippen molar-refractivity contribution in [3.8, 4) is 0 Å². The van der Waals surface area contributed by atoms with E-state index in [0.717, 1.165) is 0 Å². The molecule has 1 aliphatic heterocycles. The van der Waals surface area contributed by atoms with Gasteiger partial charge in [0.25, 0.3) is 0 Å². The SMILES string of the molecule is NC1(C(=O)O)CN1. The average molecular weight is 102 g/mol. The molecule has 0 aromatic carbocycles. The third kappa shape index (κ3) is 0.574. The topological polar surface area (TPSA) is 85.3 Å². The van der Waals surface area contributed by atoms with E-state index in [1.54, 1.807) is 0 Å². The van der Waals surface area contributed by atoms with Gasteiger partial charge in [-0.25, -0.2) is 4.79 Å². The lowest BCUT2D eigenvalue weighted by Gasteiger charge is -1.93. The van der Waals surface area contributed by atoms with Crippen molar-refractivity contribution in [3.63, 3.8) is 0 Å². The quantitative estimate of drug-likeness (QED) is 0.345. The third-order valence-corrected chi connectivity index (χ3v) is 0.939. The van der Waals surface area contributed by atoms with Gasteiger partial charge in [0.05, 0.1) is 0 Å². The Morgan fingerprint density at radius 3 is 2.43 bits per heavy atom. The van der Waals surface area contributed by atoms with Gasteiger partial charge >= 0.3 is 5.97 Å². The Bertz CT molecular complexity index is 108. The van der Waals surface area contributed by atoms with E-state index in [1.165, 1.54) is 0 Å². The number of rotatable bonds is 1. The summed E-state index contributed by atoms with van der Waals surface area (Å²) in [7, 11) is 0. The van der Waals surface area contributed by atoms with Crippen LogP contribution in [-0.2, 0) is 4.79 Å². The van der Waals surface area contributed by atoms with Crippen LogP contribution < -0.4 is 11.1 Å². The van der Waals surface area contributed by atoms with Crippen LogP contribution in [0.25, 0.3) is 0 Å². The Kier molecular flexibility index (Phi) is 0.625. The molecule has 1 heterocycles. The number of hydrogen-bond acceptors (Lipinski definition) is 3. The highest BCUT2D eigenvalue weighted by molar-refractivity contribution is 5.81. The Morgan fingerprint density at radius 1 is 2.00 bits per heavy atom. The average Bonchev–Trinajstić information content (AvgIpc) is 2.21. The van der Waals surface area contributed by atoms with E-state index in [4.69, 9.17) is 10.8 Å². The summed E-state index contributed by atoms with van der Waals surface area (Å²) in [6.07, 6.45) is 0. The number of aliphatic carboxylic acids is 1. The molecule has 0 aromatic heterocycles. The number of carboxylic acid groups (broad SMARTS) is 1. The van der Waals surface area contributed by atoms with Gasteiger partial charge in [-0.2, -0.15) is 0 Å². The largest absolute Gasteiger partial charge is 0.479 e. The second-order valence-electron chi connectivity index (χ2n) is 1.63. The number of carboxylic acids is 1. The van der Waals surface area contributed by atoms with Gasteiger partial charge in [-0.05, 0) is 0 Å². The van der Waals surface area contributed by atoms with Crippen LogP contribution in [0.15, 0.2) is 0 Å². The fraction of sp³-hybridized carbons (Fsp3) is 0.667. The monoisotopic (exact) mass is 102 g/mol. The smallest absolute Gasteiger partial charge is 0.340 e. The first kappa shape index (κ1) is 4.55. The second-order valence-corrected chi connectivity index (χ2v) is 1.63. The Balaban J connectivity index is 2.55. The molecule has 0 bridgehead atoms. The molecule has 0 aliphatic carbocycles. The minimum absolute atomic E-state index is 0.391. The van der Waals surface area contributed by atoms with Gasteiger partial charge in [0.15, 0.2) is 5.66 Å². The van der Waals surface area contributed by atoms with Crippen molar-refractivity contribution < 1.29 is 9.90 Å². The van der Waals surface area contributed by atoms with Crippen LogP contribution in [0.2, 0.25) is 0 Å². The lowest BCUT2D eigenvalue weighted by Crippen LogP contribution is -2.37. The van der Waals surface area contributed by atoms with Crippen LogP contribution in [0, 0.1) is 0 Å². The van der Waals surface area contributed by atoms with Crippen LogP contribution in [0.1, 0.15) is 0 Å². The highest BCUT2D eigenvalue weighted by Crippen LogP contribution is 2.06.